The zero-order chi connectivity index (χ0) is 11.1. The number of amidine groups is 1. The van der Waals surface area contributed by atoms with E-state index in [2.05, 4.69) is 4.90 Å². The van der Waals surface area contributed by atoms with E-state index in [9.17, 15) is 0 Å². The number of hydrogen-bond acceptors (Lipinski definition) is 3. The highest BCUT2D eigenvalue weighted by Gasteiger charge is 2.49. The lowest BCUT2D eigenvalue weighted by molar-refractivity contribution is -0.110. The average Bonchev–Trinajstić information content (AvgIpc) is 2.42. The second kappa shape index (κ2) is 3.37. The van der Waals surface area contributed by atoms with Crippen LogP contribution in [-0.4, -0.2) is 41.8 Å². The molecule has 0 saturated carbocycles. The first kappa shape index (κ1) is 10.7. The van der Waals surface area contributed by atoms with Crippen molar-refractivity contribution in [3.05, 3.63) is 0 Å². The maximum atomic E-state index is 7.98. The van der Waals surface area contributed by atoms with Crippen molar-refractivity contribution in [3.8, 4) is 0 Å². The number of rotatable bonds is 0. The number of nitrogens with zero attached hydrogens (tertiary/aromatic N) is 1. The molecule has 2 fully saturated rings. The molecular formula is C11H20N2O2. The van der Waals surface area contributed by atoms with E-state index in [4.69, 9.17) is 14.9 Å². The second-order valence-corrected chi connectivity index (χ2v) is 5.49. The molecule has 86 valence electrons. The lowest BCUT2D eigenvalue weighted by atomic mass is 9.94. The van der Waals surface area contributed by atoms with Gasteiger partial charge in [-0.05, 0) is 33.6 Å². The SMILES string of the molecule is CC(C)(C)OC(=N)N1CCCC12COC2. The Morgan fingerprint density at radius 2 is 2.07 bits per heavy atom. The highest BCUT2D eigenvalue weighted by molar-refractivity contribution is 5.72. The highest BCUT2D eigenvalue weighted by atomic mass is 16.5. The van der Waals surface area contributed by atoms with E-state index in [-0.39, 0.29) is 11.1 Å². The van der Waals surface area contributed by atoms with Crippen molar-refractivity contribution < 1.29 is 9.47 Å². The smallest absolute Gasteiger partial charge is 0.285 e. The molecule has 2 aliphatic heterocycles. The second-order valence-electron chi connectivity index (χ2n) is 5.49. The fraction of sp³-hybridized carbons (Fsp3) is 0.909. The van der Waals surface area contributed by atoms with Crippen molar-refractivity contribution in [2.75, 3.05) is 19.8 Å². The van der Waals surface area contributed by atoms with Crippen LogP contribution < -0.4 is 0 Å². The summed E-state index contributed by atoms with van der Waals surface area (Å²) in [5.41, 5.74) is -0.201. The van der Waals surface area contributed by atoms with E-state index in [1.54, 1.807) is 0 Å². The lowest BCUT2D eigenvalue weighted by Gasteiger charge is -2.46. The van der Waals surface area contributed by atoms with Crippen molar-refractivity contribution in [1.29, 1.82) is 5.41 Å². The van der Waals surface area contributed by atoms with Crippen LogP contribution >= 0.6 is 0 Å². The molecule has 0 aromatic rings. The summed E-state index contributed by atoms with van der Waals surface area (Å²) in [7, 11) is 0. The number of hydrogen-bond donors (Lipinski definition) is 1. The molecule has 0 aromatic heterocycles. The van der Waals surface area contributed by atoms with E-state index in [1.165, 1.54) is 0 Å². The molecule has 0 aromatic carbocycles. The van der Waals surface area contributed by atoms with Crippen LogP contribution in [0.2, 0.25) is 0 Å². The van der Waals surface area contributed by atoms with Crippen molar-refractivity contribution in [2.45, 2.75) is 44.8 Å². The summed E-state index contributed by atoms with van der Waals surface area (Å²) in [4.78, 5) is 2.07. The summed E-state index contributed by atoms with van der Waals surface area (Å²) >= 11 is 0. The van der Waals surface area contributed by atoms with Gasteiger partial charge >= 0.3 is 0 Å². The first-order valence-corrected chi connectivity index (χ1v) is 5.56. The zero-order valence-electron chi connectivity index (χ0n) is 9.80. The minimum absolute atomic E-state index is 0.0856. The molecule has 0 atom stereocenters. The van der Waals surface area contributed by atoms with Gasteiger partial charge in [0.25, 0.3) is 6.02 Å². The monoisotopic (exact) mass is 212 g/mol. The van der Waals surface area contributed by atoms with Gasteiger partial charge in [0.2, 0.25) is 0 Å². The molecule has 2 saturated heterocycles. The third-order valence-corrected chi connectivity index (χ3v) is 2.99. The van der Waals surface area contributed by atoms with Gasteiger partial charge in [-0.3, -0.25) is 5.41 Å². The predicted octanol–water partition coefficient (Wildman–Crippen LogP) is 1.60. The van der Waals surface area contributed by atoms with Gasteiger partial charge in [-0.1, -0.05) is 0 Å². The molecule has 1 N–H and O–H groups in total. The van der Waals surface area contributed by atoms with Crippen LogP contribution in [0.5, 0.6) is 0 Å². The van der Waals surface area contributed by atoms with Gasteiger partial charge in [-0.25, -0.2) is 0 Å². The molecular weight excluding hydrogens is 192 g/mol. The third kappa shape index (κ3) is 1.95. The Morgan fingerprint density at radius 3 is 2.53 bits per heavy atom. The van der Waals surface area contributed by atoms with Crippen LogP contribution in [0, 0.1) is 5.41 Å². The maximum Gasteiger partial charge on any atom is 0.285 e. The molecule has 0 aliphatic carbocycles. The Bertz CT molecular complexity index is 266. The van der Waals surface area contributed by atoms with Crippen LogP contribution in [0.3, 0.4) is 0 Å². The molecule has 0 radical (unpaired) electrons. The third-order valence-electron chi connectivity index (χ3n) is 2.99. The van der Waals surface area contributed by atoms with Gasteiger partial charge < -0.3 is 14.4 Å². The molecule has 0 unspecified atom stereocenters. The standard InChI is InChI=1S/C11H20N2O2/c1-10(2,3)15-9(12)13-6-4-5-11(13)7-14-8-11/h12H,4-8H2,1-3H3. The Labute approximate surface area is 91.0 Å². The Kier molecular flexibility index (Phi) is 2.41. The predicted molar refractivity (Wildman–Crippen MR) is 58.1 cm³/mol. The molecule has 1 spiro atoms. The Hall–Kier alpha value is -0.770. The van der Waals surface area contributed by atoms with E-state index in [0.29, 0.717) is 6.02 Å². The van der Waals surface area contributed by atoms with Crippen LogP contribution in [0.15, 0.2) is 0 Å². The van der Waals surface area contributed by atoms with Gasteiger partial charge in [0.15, 0.2) is 0 Å². The van der Waals surface area contributed by atoms with Gasteiger partial charge in [-0.15, -0.1) is 0 Å². The first-order valence-electron chi connectivity index (χ1n) is 5.56. The Morgan fingerprint density at radius 1 is 1.40 bits per heavy atom. The quantitative estimate of drug-likeness (QED) is 0.490. The van der Waals surface area contributed by atoms with Crippen molar-refractivity contribution in [1.82, 2.24) is 4.90 Å². The Balaban J connectivity index is 2.01. The van der Waals surface area contributed by atoms with Crippen LogP contribution in [0.25, 0.3) is 0 Å². The van der Waals surface area contributed by atoms with E-state index < -0.39 is 0 Å². The summed E-state index contributed by atoms with van der Waals surface area (Å²) in [6.07, 6.45) is 2.27. The fourth-order valence-corrected chi connectivity index (χ4v) is 2.24. The molecule has 0 amide bonds. The summed E-state index contributed by atoms with van der Waals surface area (Å²) in [6.45, 7) is 8.36. The maximum absolute atomic E-state index is 7.98. The van der Waals surface area contributed by atoms with Crippen LogP contribution in [0.1, 0.15) is 33.6 Å². The number of nitrogens with one attached hydrogen (secondary N) is 1. The summed E-state index contributed by atoms with van der Waals surface area (Å²) in [5, 5.41) is 7.98. The van der Waals surface area contributed by atoms with E-state index in [0.717, 1.165) is 32.6 Å². The van der Waals surface area contributed by atoms with Crippen LogP contribution in [-0.2, 0) is 9.47 Å². The van der Waals surface area contributed by atoms with Crippen molar-refractivity contribution >= 4 is 6.02 Å². The van der Waals surface area contributed by atoms with Gasteiger partial charge in [-0.2, -0.15) is 0 Å². The van der Waals surface area contributed by atoms with Crippen LogP contribution in [0.4, 0.5) is 0 Å². The normalized spacial score (nSPS) is 24.1. The molecule has 2 aliphatic rings. The lowest BCUT2D eigenvalue weighted by Crippen LogP contribution is -2.61. The minimum Gasteiger partial charge on any atom is -0.460 e. The highest BCUT2D eigenvalue weighted by Crippen LogP contribution is 2.36. The summed E-state index contributed by atoms with van der Waals surface area (Å²) in [5.74, 6) is 0. The number of ether oxygens (including phenoxy) is 2. The molecule has 4 heteroatoms. The zero-order valence-corrected chi connectivity index (χ0v) is 9.80. The summed E-state index contributed by atoms with van der Waals surface area (Å²) < 4.78 is 10.9. The number of likely N-dealkylation sites (tertiary alicyclic amines) is 1. The van der Waals surface area contributed by atoms with Gasteiger partial charge in [0, 0.05) is 6.54 Å². The van der Waals surface area contributed by atoms with Gasteiger partial charge in [0.05, 0.1) is 18.8 Å². The topological polar surface area (TPSA) is 45.5 Å². The van der Waals surface area contributed by atoms with E-state index >= 15 is 0 Å². The van der Waals surface area contributed by atoms with Gasteiger partial charge in [0.1, 0.15) is 5.60 Å². The molecule has 2 heterocycles. The largest absolute Gasteiger partial charge is 0.460 e. The molecule has 4 nitrogen and oxygen atoms in total. The van der Waals surface area contributed by atoms with Crippen molar-refractivity contribution in [3.63, 3.8) is 0 Å². The van der Waals surface area contributed by atoms with E-state index in [1.807, 2.05) is 20.8 Å². The average molecular weight is 212 g/mol. The fourth-order valence-electron chi connectivity index (χ4n) is 2.24. The molecule has 0 bridgehead atoms. The molecule has 15 heavy (non-hydrogen) atoms. The molecule has 2 rings (SSSR count). The minimum atomic E-state index is -0.286. The van der Waals surface area contributed by atoms with Crippen molar-refractivity contribution in [2.24, 2.45) is 0 Å². The summed E-state index contributed by atoms with van der Waals surface area (Å²) in [6, 6.07) is 0.309. The first-order chi connectivity index (χ1) is 6.93.